The van der Waals surface area contributed by atoms with Crippen LogP contribution in [0.2, 0.25) is 0 Å². The number of aromatic hydroxyl groups is 2. The van der Waals surface area contributed by atoms with Crippen molar-refractivity contribution < 1.29 is 19.7 Å². The molecular formula is C34H60O4. The lowest BCUT2D eigenvalue weighted by Crippen LogP contribution is -2.15. The number of aryl methyl sites for hydroxylation is 1. The van der Waals surface area contributed by atoms with E-state index in [2.05, 4.69) is 6.92 Å². The van der Waals surface area contributed by atoms with E-state index in [9.17, 15) is 15.0 Å². The van der Waals surface area contributed by atoms with E-state index in [0.29, 0.717) is 19.3 Å². The fraction of sp³-hybridized carbons (Fsp3) is 0.794. The molecule has 1 rings (SSSR count). The first-order valence-electron chi connectivity index (χ1n) is 16.2. The Hall–Kier alpha value is -1.71. The smallest absolute Gasteiger partial charge is 0.306 e. The van der Waals surface area contributed by atoms with Gasteiger partial charge in [0.1, 0.15) is 0 Å². The summed E-state index contributed by atoms with van der Waals surface area (Å²) in [5.41, 5.74) is 0.924. The number of phenols is 2. The first-order valence-corrected chi connectivity index (χ1v) is 16.2. The van der Waals surface area contributed by atoms with Gasteiger partial charge in [0.2, 0.25) is 0 Å². The molecule has 0 aliphatic rings. The molecule has 1 atom stereocenters. The molecule has 4 nitrogen and oxygen atoms in total. The average Bonchev–Trinajstić information content (AvgIpc) is 2.90. The molecular weight excluding hydrogens is 472 g/mol. The van der Waals surface area contributed by atoms with Gasteiger partial charge in [-0.1, -0.05) is 141 Å². The second kappa shape index (κ2) is 24.3. The highest BCUT2D eigenvalue weighted by atomic mass is 16.5. The SMILES string of the molecule is CCCCCCCCCCCCCCCCCCCCCCCC(=O)OC(C)CCc1ccc(O)c(O)c1. The Morgan fingerprint density at radius 3 is 1.50 bits per heavy atom. The topological polar surface area (TPSA) is 66.8 Å². The number of hydrogen-bond acceptors (Lipinski definition) is 4. The predicted octanol–water partition coefficient (Wildman–Crippen LogP) is 10.6. The molecule has 0 fully saturated rings. The van der Waals surface area contributed by atoms with Crippen LogP contribution in [0.3, 0.4) is 0 Å². The van der Waals surface area contributed by atoms with Crippen LogP contribution in [-0.2, 0) is 16.0 Å². The fourth-order valence-corrected chi connectivity index (χ4v) is 5.14. The van der Waals surface area contributed by atoms with Crippen molar-refractivity contribution in [2.24, 2.45) is 0 Å². The van der Waals surface area contributed by atoms with Gasteiger partial charge in [0.05, 0.1) is 6.10 Å². The van der Waals surface area contributed by atoms with Crippen molar-refractivity contribution in [3.63, 3.8) is 0 Å². The summed E-state index contributed by atoms with van der Waals surface area (Å²) in [5.74, 6) is -0.330. The minimum Gasteiger partial charge on any atom is -0.504 e. The lowest BCUT2D eigenvalue weighted by atomic mass is 10.0. The van der Waals surface area contributed by atoms with Gasteiger partial charge in [-0.2, -0.15) is 0 Å². The van der Waals surface area contributed by atoms with E-state index in [0.717, 1.165) is 18.4 Å². The van der Waals surface area contributed by atoms with Crippen LogP contribution >= 0.6 is 0 Å². The summed E-state index contributed by atoms with van der Waals surface area (Å²) >= 11 is 0. The Labute approximate surface area is 235 Å². The highest BCUT2D eigenvalue weighted by molar-refractivity contribution is 5.69. The molecule has 1 aromatic carbocycles. The van der Waals surface area contributed by atoms with Crippen LogP contribution < -0.4 is 0 Å². The Balaban J connectivity index is 1.80. The third-order valence-electron chi connectivity index (χ3n) is 7.70. The second-order valence-corrected chi connectivity index (χ2v) is 11.5. The minimum absolute atomic E-state index is 0.108. The molecule has 0 aromatic heterocycles. The van der Waals surface area contributed by atoms with E-state index < -0.39 is 0 Å². The molecule has 220 valence electrons. The molecule has 0 saturated heterocycles. The molecule has 0 radical (unpaired) electrons. The van der Waals surface area contributed by atoms with E-state index in [1.165, 1.54) is 128 Å². The van der Waals surface area contributed by atoms with Gasteiger partial charge in [0, 0.05) is 6.42 Å². The van der Waals surface area contributed by atoms with Crippen LogP contribution in [-0.4, -0.2) is 22.3 Å². The number of carbonyl (C=O) groups excluding carboxylic acids is 1. The maximum Gasteiger partial charge on any atom is 0.306 e. The summed E-state index contributed by atoms with van der Waals surface area (Å²) in [6.45, 7) is 4.20. The summed E-state index contributed by atoms with van der Waals surface area (Å²) in [7, 11) is 0. The number of esters is 1. The lowest BCUT2D eigenvalue weighted by molar-refractivity contribution is -0.148. The highest BCUT2D eigenvalue weighted by Crippen LogP contribution is 2.25. The van der Waals surface area contributed by atoms with Gasteiger partial charge in [-0.15, -0.1) is 0 Å². The van der Waals surface area contributed by atoms with Crippen molar-refractivity contribution in [1.29, 1.82) is 0 Å². The summed E-state index contributed by atoms with van der Waals surface area (Å²) in [6.07, 6.45) is 30.3. The first-order chi connectivity index (χ1) is 18.5. The molecule has 0 heterocycles. The minimum atomic E-state index is -0.145. The largest absolute Gasteiger partial charge is 0.504 e. The zero-order valence-electron chi connectivity index (χ0n) is 25.0. The average molecular weight is 533 g/mol. The van der Waals surface area contributed by atoms with Gasteiger partial charge >= 0.3 is 5.97 Å². The van der Waals surface area contributed by atoms with Gasteiger partial charge in [0.25, 0.3) is 0 Å². The molecule has 0 saturated carbocycles. The van der Waals surface area contributed by atoms with Crippen molar-refractivity contribution in [2.45, 2.75) is 174 Å². The van der Waals surface area contributed by atoms with Crippen LogP contribution in [0, 0.1) is 0 Å². The van der Waals surface area contributed by atoms with Crippen LogP contribution in [0.15, 0.2) is 18.2 Å². The van der Waals surface area contributed by atoms with Crippen LogP contribution in [0.5, 0.6) is 11.5 Å². The Morgan fingerprint density at radius 2 is 1.08 bits per heavy atom. The van der Waals surface area contributed by atoms with Gasteiger partial charge in [-0.3, -0.25) is 4.79 Å². The van der Waals surface area contributed by atoms with Gasteiger partial charge in [-0.05, 0) is 43.9 Å². The van der Waals surface area contributed by atoms with E-state index in [4.69, 9.17) is 4.74 Å². The van der Waals surface area contributed by atoms with Crippen molar-refractivity contribution >= 4 is 5.97 Å². The van der Waals surface area contributed by atoms with Crippen LogP contribution in [0.1, 0.15) is 167 Å². The zero-order valence-corrected chi connectivity index (χ0v) is 25.0. The molecule has 0 amide bonds. The summed E-state index contributed by atoms with van der Waals surface area (Å²) < 4.78 is 5.52. The van der Waals surface area contributed by atoms with Crippen molar-refractivity contribution in [1.82, 2.24) is 0 Å². The summed E-state index contributed by atoms with van der Waals surface area (Å²) in [5, 5.41) is 19.0. The summed E-state index contributed by atoms with van der Waals surface area (Å²) in [4.78, 5) is 12.1. The molecule has 0 spiro atoms. The molecule has 1 unspecified atom stereocenters. The predicted molar refractivity (Wildman–Crippen MR) is 161 cm³/mol. The Morgan fingerprint density at radius 1 is 0.658 bits per heavy atom. The number of carbonyl (C=O) groups is 1. The number of unbranched alkanes of at least 4 members (excludes halogenated alkanes) is 20. The molecule has 0 aliphatic heterocycles. The Kier molecular flexibility index (Phi) is 22.0. The van der Waals surface area contributed by atoms with Crippen molar-refractivity contribution in [2.75, 3.05) is 0 Å². The number of rotatable bonds is 26. The molecule has 38 heavy (non-hydrogen) atoms. The zero-order chi connectivity index (χ0) is 27.7. The number of benzene rings is 1. The first kappa shape index (κ1) is 34.3. The lowest BCUT2D eigenvalue weighted by Gasteiger charge is -2.13. The molecule has 1 aromatic rings. The molecule has 4 heteroatoms. The van der Waals surface area contributed by atoms with Crippen molar-refractivity contribution in [3.05, 3.63) is 23.8 Å². The fourth-order valence-electron chi connectivity index (χ4n) is 5.14. The normalized spacial score (nSPS) is 12.1. The maximum atomic E-state index is 12.1. The molecule has 0 bridgehead atoms. The maximum absolute atomic E-state index is 12.1. The van der Waals surface area contributed by atoms with Crippen molar-refractivity contribution in [3.8, 4) is 11.5 Å². The van der Waals surface area contributed by atoms with Crippen LogP contribution in [0.25, 0.3) is 0 Å². The summed E-state index contributed by atoms with van der Waals surface area (Å²) in [6, 6.07) is 4.83. The number of hydrogen-bond donors (Lipinski definition) is 2. The molecule has 0 aliphatic carbocycles. The Bertz CT molecular complexity index is 687. The standard InChI is InChI=1S/C34H60O4/c1-3-4-5-6-7-8-9-10-11-12-13-14-15-16-17-18-19-20-21-22-23-24-34(37)38-30(2)25-26-31-27-28-32(35)33(36)29-31/h27-30,35-36H,3-26H2,1-2H3. The van der Waals surface area contributed by atoms with Crippen LogP contribution in [0.4, 0.5) is 0 Å². The van der Waals surface area contributed by atoms with E-state index in [-0.39, 0.29) is 23.6 Å². The molecule has 2 N–H and O–H groups in total. The van der Waals surface area contributed by atoms with E-state index >= 15 is 0 Å². The van der Waals surface area contributed by atoms with Gasteiger partial charge in [0.15, 0.2) is 11.5 Å². The van der Waals surface area contributed by atoms with Gasteiger partial charge < -0.3 is 14.9 Å². The van der Waals surface area contributed by atoms with E-state index in [1.807, 2.05) is 6.92 Å². The van der Waals surface area contributed by atoms with Gasteiger partial charge in [-0.25, -0.2) is 0 Å². The third-order valence-corrected chi connectivity index (χ3v) is 7.70. The quantitative estimate of drug-likeness (QED) is 0.0707. The monoisotopic (exact) mass is 532 g/mol. The number of phenolic OH excluding ortho intramolecular Hbond substituents is 2. The third kappa shape index (κ3) is 20.3. The second-order valence-electron chi connectivity index (χ2n) is 11.5. The number of ether oxygens (including phenoxy) is 1. The van der Waals surface area contributed by atoms with E-state index in [1.54, 1.807) is 12.1 Å². The highest BCUT2D eigenvalue weighted by Gasteiger charge is 2.10.